The van der Waals surface area contributed by atoms with E-state index in [1.54, 1.807) is 55.8 Å². The number of thiophene rings is 1. The van der Waals surface area contributed by atoms with Crippen molar-refractivity contribution in [2.24, 2.45) is 0 Å². The highest BCUT2D eigenvalue weighted by Crippen LogP contribution is 2.40. The van der Waals surface area contributed by atoms with E-state index >= 15 is 4.39 Å². The van der Waals surface area contributed by atoms with Gasteiger partial charge in [-0.2, -0.15) is 0 Å². The maximum Gasteiger partial charge on any atom is 0.240 e. The minimum absolute atomic E-state index is 0.000600. The molecule has 0 fully saturated rings. The van der Waals surface area contributed by atoms with Gasteiger partial charge in [-0.1, -0.05) is 18.2 Å². The van der Waals surface area contributed by atoms with Crippen LogP contribution in [0.1, 0.15) is 20.3 Å². The average Bonchev–Trinajstić information content (AvgIpc) is 3.59. The van der Waals surface area contributed by atoms with Crippen LogP contribution in [0.3, 0.4) is 0 Å². The van der Waals surface area contributed by atoms with E-state index in [0.29, 0.717) is 18.0 Å². The highest BCUT2D eigenvalue weighted by atomic mass is 32.1. The molecule has 0 bridgehead atoms. The largest absolute Gasteiger partial charge is 0.453 e. The van der Waals surface area contributed by atoms with E-state index in [4.69, 9.17) is 4.74 Å². The Morgan fingerprint density at radius 1 is 1.03 bits per heavy atom. The Bertz CT molecular complexity index is 1630. The van der Waals surface area contributed by atoms with Crippen LogP contribution in [0.4, 0.5) is 15.8 Å². The van der Waals surface area contributed by atoms with Crippen molar-refractivity contribution >= 4 is 44.7 Å². The lowest BCUT2D eigenvalue weighted by atomic mass is 10.2. The van der Waals surface area contributed by atoms with Crippen molar-refractivity contribution < 1.29 is 18.7 Å². The Balaban J connectivity index is 1.44. The SMILES string of the molecule is CCNC(=O)CC(=O)N(c1ccccc1)c1ccc(Oc2ccnc3cc(-c4cn(CC)cn4)sc23)c(F)c1. The minimum Gasteiger partial charge on any atom is -0.453 e. The Morgan fingerprint density at radius 2 is 1.85 bits per heavy atom. The fourth-order valence-electron chi connectivity index (χ4n) is 4.10. The predicted molar refractivity (Wildman–Crippen MR) is 150 cm³/mol. The minimum atomic E-state index is -0.650. The number of hydrogen-bond acceptors (Lipinski definition) is 6. The maximum atomic E-state index is 15.4. The van der Waals surface area contributed by atoms with Gasteiger partial charge in [0.1, 0.15) is 12.2 Å². The summed E-state index contributed by atoms with van der Waals surface area (Å²) in [5.74, 6) is -1.07. The van der Waals surface area contributed by atoms with E-state index in [1.807, 2.05) is 29.8 Å². The molecule has 0 saturated heterocycles. The predicted octanol–water partition coefficient (Wildman–Crippen LogP) is 6.30. The number of carbonyl (C=O) groups is 2. The summed E-state index contributed by atoms with van der Waals surface area (Å²) in [6, 6.07) is 16.7. The summed E-state index contributed by atoms with van der Waals surface area (Å²) >= 11 is 1.47. The molecule has 3 aromatic heterocycles. The first kappa shape index (κ1) is 26.1. The van der Waals surface area contributed by atoms with Gasteiger partial charge in [-0.25, -0.2) is 9.37 Å². The number of ether oxygens (including phenoxy) is 1. The number of para-hydroxylation sites is 1. The Labute approximate surface area is 228 Å². The lowest BCUT2D eigenvalue weighted by Crippen LogP contribution is -2.33. The number of carbonyl (C=O) groups excluding carboxylic acids is 2. The summed E-state index contributed by atoms with van der Waals surface area (Å²) in [7, 11) is 0. The zero-order chi connectivity index (χ0) is 27.4. The Hall–Kier alpha value is -4.57. The zero-order valence-electron chi connectivity index (χ0n) is 21.4. The molecule has 5 aromatic rings. The average molecular weight is 544 g/mol. The number of pyridine rings is 1. The van der Waals surface area contributed by atoms with Gasteiger partial charge in [0.25, 0.3) is 0 Å². The van der Waals surface area contributed by atoms with Gasteiger partial charge in [0.05, 0.1) is 32.8 Å². The summed E-state index contributed by atoms with van der Waals surface area (Å²) in [4.78, 5) is 36.4. The van der Waals surface area contributed by atoms with E-state index in [0.717, 1.165) is 27.3 Å². The molecule has 2 aromatic carbocycles. The number of aryl methyl sites for hydroxylation is 1. The van der Waals surface area contributed by atoms with Crippen LogP contribution in [0, 0.1) is 5.82 Å². The molecule has 0 saturated carbocycles. The first-order valence-electron chi connectivity index (χ1n) is 12.5. The summed E-state index contributed by atoms with van der Waals surface area (Å²) in [5.41, 5.74) is 2.36. The van der Waals surface area contributed by atoms with Crippen molar-refractivity contribution in [1.82, 2.24) is 19.9 Å². The number of fused-ring (bicyclic) bond motifs is 1. The second-order valence-corrected chi connectivity index (χ2v) is 9.69. The van der Waals surface area contributed by atoms with Gasteiger partial charge >= 0.3 is 0 Å². The van der Waals surface area contributed by atoms with Gasteiger partial charge in [-0.15, -0.1) is 11.3 Å². The summed E-state index contributed by atoms with van der Waals surface area (Å²) < 4.78 is 24.2. The number of nitrogens with one attached hydrogen (secondary N) is 1. The van der Waals surface area contributed by atoms with E-state index in [-0.39, 0.29) is 17.9 Å². The molecule has 0 aliphatic heterocycles. The fraction of sp³-hybridized carbons (Fsp3) is 0.172. The number of imidazole rings is 1. The second kappa shape index (κ2) is 11.4. The van der Waals surface area contributed by atoms with Gasteiger partial charge in [-0.05, 0) is 44.2 Å². The lowest BCUT2D eigenvalue weighted by molar-refractivity contribution is -0.127. The van der Waals surface area contributed by atoms with E-state index < -0.39 is 17.6 Å². The molecule has 5 rings (SSSR count). The van der Waals surface area contributed by atoms with Crippen molar-refractivity contribution in [3.8, 4) is 22.1 Å². The quantitative estimate of drug-likeness (QED) is 0.220. The first-order valence-corrected chi connectivity index (χ1v) is 13.3. The number of rotatable bonds is 9. The molecule has 0 aliphatic rings. The van der Waals surface area contributed by atoms with Gasteiger partial charge in [0.15, 0.2) is 11.6 Å². The van der Waals surface area contributed by atoms with E-state index in [1.165, 1.54) is 28.4 Å². The molecule has 0 radical (unpaired) electrons. The number of amides is 2. The highest BCUT2D eigenvalue weighted by molar-refractivity contribution is 7.22. The van der Waals surface area contributed by atoms with Gasteiger partial charge in [0.2, 0.25) is 11.8 Å². The van der Waals surface area contributed by atoms with Crippen LogP contribution >= 0.6 is 11.3 Å². The van der Waals surface area contributed by atoms with Crippen LogP contribution in [0.5, 0.6) is 11.5 Å². The number of benzene rings is 2. The molecule has 10 heteroatoms. The summed E-state index contributed by atoms with van der Waals surface area (Å²) in [6.45, 7) is 5.05. The lowest BCUT2D eigenvalue weighted by Gasteiger charge is -2.23. The van der Waals surface area contributed by atoms with E-state index in [9.17, 15) is 9.59 Å². The zero-order valence-corrected chi connectivity index (χ0v) is 22.2. The number of aromatic nitrogens is 3. The van der Waals surface area contributed by atoms with Crippen molar-refractivity contribution in [3.63, 3.8) is 0 Å². The molecule has 1 N–H and O–H groups in total. The molecule has 0 spiro atoms. The van der Waals surface area contributed by atoms with Crippen LogP contribution in [0.15, 0.2) is 79.4 Å². The third-order valence-corrected chi connectivity index (χ3v) is 7.13. The molecule has 0 atom stereocenters. The Kier molecular flexibility index (Phi) is 7.64. The molecule has 0 aliphatic carbocycles. The molecular weight excluding hydrogens is 517 g/mol. The van der Waals surface area contributed by atoms with Gasteiger partial charge in [0, 0.05) is 43.3 Å². The number of hydrogen-bond donors (Lipinski definition) is 1. The molecule has 198 valence electrons. The maximum absolute atomic E-state index is 15.4. The molecule has 2 amide bonds. The summed E-state index contributed by atoms with van der Waals surface area (Å²) in [6.07, 6.45) is 4.99. The van der Waals surface area contributed by atoms with Crippen molar-refractivity contribution in [2.45, 2.75) is 26.8 Å². The number of nitrogens with zero attached hydrogens (tertiary/aromatic N) is 4. The van der Waals surface area contributed by atoms with Crippen LogP contribution in [0.25, 0.3) is 20.8 Å². The summed E-state index contributed by atoms with van der Waals surface area (Å²) in [5, 5.41) is 2.62. The van der Waals surface area contributed by atoms with Crippen LogP contribution in [0.2, 0.25) is 0 Å². The molecule has 39 heavy (non-hydrogen) atoms. The standard InChI is InChI=1S/C29H26FN5O3S/c1-3-31-27(36)16-28(37)35(19-8-6-5-7-9-19)20-10-11-24(21(30)14-20)38-25-12-13-32-22-15-26(39-29(22)25)23-17-34(4-2)18-33-23/h5-15,17-18H,3-4,16H2,1-2H3,(H,31,36). The normalized spacial score (nSPS) is 10.9. The van der Waals surface area contributed by atoms with Gasteiger partial charge < -0.3 is 14.6 Å². The van der Waals surface area contributed by atoms with Crippen molar-refractivity contribution in [1.29, 1.82) is 0 Å². The first-order chi connectivity index (χ1) is 19.0. The number of halogens is 1. The third kappa shape index (κ3) is 5.65. The van der Waals surface area contributed by atoms with Crippen LogP contribution in [-0.2, 0) is 16.1 Å². The van der Waals surface area contributed by atoms with Crippen LogP contribution in [-0.4, -0.2) is 32.9 Å². The monoisotopic (exact) mass is 543 g/mol. The number of anilines is 2. The molecule has 0 unspecified atom stereocenters. The smallest absolute Gasteiger partial charge is 0.240 e. The molecular formula is C29H26FN5O3S. The molecule has 3 heterocycles. The topological polar surface area (TPSA) is 89.4 Å². The van der Waals surface area contributed by atoms with Crippen molar-refractivity contribution in [2.75, 3.05) is 11.4 Å². The van der Waals surface area contributed by atoms with Crippen molar-refractivity contribution in [3.05, 3.63) is 85.2 Å². The van der Waals surface area contributed by atoms with Gasteiger partial charge in [-0.3, -0.25) is 19.5 Å². The third-order valence-electron chi connectivity index (χ3n) is 5.97. The fourth-order valence-corrected chi connectivity index (χ4v) is 5.13. The molecule has 8 nitrogen and oxygen atoms in total. The Morgan fingerprint density at radius 3 is 2.56 bits per heavy atom. The van der Waals surface area contributed by atoms with Crippen LogP contribution < -0.4 is 15.0 Å². The van der Waals surface area contributed by atoms with E-state index in [2.05, 4.69) is 15.3 Å². The second-order valence-electron chi connectivity index (χ2n) is 8.64. The highest BCUT2D eigenvalue weighted by Gasteiger charge is 2.22.